The molecule has 0 aliphatic carbocycles. The number of nitro groups is 1. The summed E-state index contributed by atoms with van der Waals surface area (Å²) in [5, 5.41) is 13.6. The van der Waals surface area contributed by atoms with Gasteiger partial charge in [0.25, 0.3) is 11.6 Å². The van der Waals surface area contributed by atoms with Crippen molar-refractivity contribution < 1.29 is 14.5 Å². The molecule has 2 aromatic carbocycles. The fourth-order valence-electron chi connectivity index (χ4n) is 2.18. The van der Waals surface area contributed by atoms with E-state index in [-0.39, 0.29) is 17.2 Å². The van der Waals surface area contributed by atoms with Crippen LogP contribution in [0, 0.1) is 24.0 Å². The zero-order chi connectivity index (χ0) is 17.7. The van der Waals surface area contributed by atoms with E-state index in [1.54, 1.807) is 0 Å². The van der Waals surface area contributed by atoms with E-state index >= 15 is 0 Å². The van der Waals surface area contributed by atoms with E-state index in [1.807, 2.05) is 32.0 Å². The topological polar surface area (TPSA) is 81.5 Å². The average molecular weight is 393 g/mol. The lowest BCUT2D eigenvalue weighted by Crippen LogP contribution is -2.28. The van der Waals surface area contributed by atoms with Crippen LogP contribution in [-0.2, 0) is 0 Å². The van der Waals surface area contributed by atoms with E-state index in [2.05, 4.69) is 21.2 Å². The molecule has 0 atom stereocenters. The lowest BCUT2D eigenvalue weighted by Gasteiger charge is -2.10. The molecule has 1 amide bonds. The van der Waals surface area contributed by atoms with Gasteiger partial charge in [0, 0.05) is 11.6 Å². The molecule has 2 rings (SSSR count). The van der Waals surface area contributed by atoms with E-state index < -0.39 is 4.92 Å². The highest BCUT2D eigenvalue weighted by molar-refractivity contribution is 9.10. The van der Waals surface area contributed by atoms with Crippen LogP contribution in [0.2, 0.25) is 0 Å². The van der Waals surface area contributed by atoms with Gasteiger partial charge in [-0.1, -0.05) is 17.7 Å². The number of hydrogen-bond acceptors (Lipinski definition) is 4. The minimum Gasteiger partial charge on any atom is -0.491 e. The Morgan fingerprint density at radius 2 is 2.00 bits per heavy atom. The van der Waals surface area contributed by atoms with Crippen molar-refractivity contribution >= 4 is 27.5 Å². The van der Waals surface area contributed by atoms with Gasteiger partial charge < -0.3 is 10.1 Å². The number of rotatable bonds is 6. The molecule has 0 aliphatic rings. The van der Waals surface area contributed by atoms with Gasteiger partial charge in [-0.3, -0.25) is 14.9 Å². The molecule has 0 saturated heterocycles. The molecule has 0 unspecified atom stereocenters. The second-order valence-corrected chi connectivity index (χ2v) is 6.15. The summed E-state index contributed by atoms with van der Waals surface area (Å²) in [5.41, 5.74) is 2.28. The second-order valence-electron chi connectivity index (χ2n) is 5.30. The zero-order valence-electron chi connectivity index (χ0n) is 13.3. The zero-order valence-corrected chi connectivity index (χ0v) is 14.9. The Kier molecular flexibility index (Phi) is 5.92. The monoisotopic (exact) mass is 392 g/mol. The molecular formula is C17H17BrN2O4. The predicted octanol–water partition coefficient (Wildman–Crippen LogP) is 3.78. The number of aryl methyl sites for hydroxylation is 2. The van der Waals surface area contributed by atoms with Gasteiger partial charge in [-0.2, -0.15) is 0 Å². The van der Waals surface area contributed by atoms with E-state index in [4.69, 9.17) is 4.74 Å². The summed E-state index contributed by atoms with van der Waals surface area (Å²) in [6.45, 7) is 4.58. The van der Waals surface area contributed by atoms with Crippen LogP contribution in [0.4, 0.5) is 5.69 Å². The first-order valence-electron chi connectivity index (χ1n) is 7.30. The first-order chi connectivity index (χ1) is 11.4. The SMILES string of the molecule is Cc1ccc(OCCNC(=O)c2ccc(Br)c([N+](=O)[O-])c2)c(C)c1. The van der Waals surface area contributed by atoms with Crippen LogP contribution in [0.1, 0.15) is 21.5 Å². The van der Waals surface area contributed by atoms with Gasteiger partial charge in [0.05, 0.1) is 15.9 Å². The van der Waals surface area contributed by atoms with Gasteiger partial charge in [-0.15, -0.1) is 0 Å². The smallest absolute Gasteiger partial charge is 0.284 e. The van der Waals surface area contributed by atoms with E-state index in [0.29, 0.717) is 17.6 Å². The highest BCUT2D eigenvalue weighted by Gasteiger charge is 2.15. The Labute approximate surface area is 148 Å². The Balaban J connectivity index is 1.89. The maximum absolute atomic E-state index is 12.0. The Bertz CT molecular complexity index is 777. The summed E-state index contributed by atoms with van der Waals surface area (Å²) in [5.74, 6) is 0.393. The fourth-order valence-corrected chi connectivity index (χ4v) is 2.57. The summed E-state index contributed by atoms with van der Waals surface area (Å²) >= 11 is 3.09. The second kappa shape index (κ2) is 7.92. The van der Waals surface area contributed by atoms with Crippen LogP contribution in [-0.4, -0.2) is 24.0 Å². The molecule has 0 bridgehead atoms. The summed E-state index contributed by atoms with van der Waals surface area (Å²) in [6.07, 6.45) is 0. The Hall–Kier alpha value is -2.41. The Morgan fingerprint density at radius 3 is 2.67 bits per heavy atom. The van der Waals surface area contributed by atoms with Gasteiger partial charge >= 0.3 is 0 Å². The van der Waals surface area contributed by atoms with E-state index in [1.165, 1.54) is 18.2 Å². The maximum Gasteiger partial charge on any atom is 0.284 e. The fraction of sp³-hybridized carbons (Fsp3) is 0.235. The number of hydrogen-bond donors (Lipinski definition) is 1. The lowest BCUT2D eigenvalue weighted by molar-refractivity contribution is -0.385. The number of ether oxygens (including phenoxy) is 1. The molecule has 0 radical (unpaired) electrons. The third-order valence-electron chi connectivity index (χ3n) is 3.38. The molecule has 0 fully saturated rings. The van der Waals surface area contributed by atoms with Crippen LogP contribution in [0.3, 0.4) is 0 Å². The van der Waals surface area contributed by atoms with Crippen molar-refractivity contribution in [2.24, 2.45) is 0 Å². The third-order valence-corrected chi connectivity index (χ3v) is 4.05. The van der Waals surface area contributed by atoms with Crippen molar-refractivity contribution in [1.29, 1.82) is 0 Å². The predicted molar refractivity (Wildman–Crippen MR) is 94.5 cm³/mol. The molecule has 0 saturated carbocycles. The summed E-state index contributed by atoms with van der Waals surface area (Å²) in [7, 11) is 0. The molecule has 0 spiro atoms. The van der Waals surface area contributed by atoms with E-state index in [0.717, 1.165) is 16.9 Å². The molecule has 0 aromatic heterocycles. The van der Waals surface area contributed by atoms with Crippen LogP contribution in [0.5, 0.6) is 5.75 Å². The highest BCUT2D eigenvalue weighted by Crippen LogP contribution is 2.25. The van der Waals surface area contributed by atoms with Crippen molar-refractivity contribution in [2.75, 3.05) is 13.2 Å². The molecule has 6 nitrogen and oxygen atoms in total. The van der Waals surface area contributed by atoms with E-state index in [9.17, 15) is 14.9 Å². The molecule has 2 aromatic rings. The first kappa shape index (κ1) is 17.9. The Morgan fingerprint density at radius 1 is 1.25 bits per heavy atom. The minimum atomic E-state index is -0.538. The number of carbonyl (C=O) groups is 1. The van der Waals surface area contributed by atoms with Crippen molar-refractivity contribution in [3.8, 4) is 5.75 Å². The highest BCUT2D eigenvalue weighted by atomic mass is 79.9. The van der Waals surface area contributed by atoms with Crippen LogP contribution >= 0.6 is 15.9 Å². The number of carbonyl (C=O) groups excluding carboxylic acids is 1. The summed E-state index contributed by atoms with van der Waals surface area (Å²) < 4.78 is 5.96. The molecule has 7 heteroatoms. The standard InChI is InChI=1S/C17H17BrN2O4/c1-11-3-6-16(12(2)9-11)24-8-7-19-17(21)13-4-5-14(18)15(10-13)20(22)23/h3-6,9-10H,7-8H2,1-2H3,(H,19,21). The number of nitrogens with one attached hydrogen (secondary N) is 1. The van der Waals surface area contributed by atoms with Crippen LogP contribution in [0.25, 0.3) is 0 Å². The van der Waals surface area contributed by atoms with Gasteiger partial charge in [0.2, 0.25) is 0 Å². The molecular weight excluding hydrogens is 376 g/mol. The normalized spacial score (nSPS) is 10.3. The average Bonchev–Trinajstić information content (AvgIpc) is 2.53. The number of halogens is 1. The first-order valence-corrected chi connectivity index (χ1v) is 8.10. The maximum atomic E-state index is 12.0. The van der Waals surface area contributed by atoms with Crippen molar-refractivity contribution in [2.45, 2.75) is 13.8 Å². The quantitative estimate of drug-likeness (QED) is 0.460. The van der Waals surface area contributed by atoms with Gasteiger partial charge in [-0.25, -0.2) is 0 Å². The number of nitro benzene ring substituents is 1. The summed E-state index contributed by atoms with van der Waals surface area (Å²) in [4.78, 5) is 22.4. The molecule has 24 heavy (non-hydrogen) atoms. The van der Waals surface area contributed by atoms with Crippen molar-refractivity contribution in [3.05, 3.63) is 67.7 Å². The minimum absolute atomic E-state index is 0.144. The molecule has 1 N–H and O–H groups in total. The van der Waals surface area contributed by atoms with Crippen molar-refractivity contribution in [1.82, 2.24) is 5.32 Å². The van der Waals surface area contributed by atoms with Crippen molar-refractivity contribution in [3.63, 3.8) is 0 Å². The van der Waals surface area contributed by atoms with Crippen LogP contribution < -0.4 is 10.1 Å². The van der Waals surface area contributed by atoms with Crippen LogP contribution in [0.15, 0.2) is 40.9 Å². The largest absolute Gasteiger partial charge is 0.491 e. The molecule has 0 heterocycles. The molecule has 0 aliphatic heterocycles. The number of amides is 1. The number of benzene rings is 2. The lowest BCUT2D eigenvalue weighted by atomic mass is 10.1. The summed E-state index contributed by atoms with van der Waals surface area (Å²) in [6, 6.07) is 10.1. The number of nitrogens with zero attached hydrogens (tertiary/aromatic N) is 1. The van der Waals surface area contributed by atoms with Gasteiger partial charge in [0.15, 0.2) is 0 Å². The van der Waals surface area contributed by atoms with Gasteiger partial charge in [0.1, 0.15) is 12.4 Å². The van der Waals surface area contributed by atoms with Gasteiger partial charge in [-0.05, 0) is 53.5 Å². The third kappa shape index (κ3) is 4.55. The molecule has 126 valence electrons.